The summed E-state index contributed by atoms with van der Waals surface area (Å²) in [5.74, 6) is 0.683. The van der Waals surface area contributed by atoms with Crippen molar-refractivity contribution in [3.8, 4) is 5.75 Å². The number of benzene rings is 2. The van der Waals surface area contributed by atoms with Gasteiger partial charge in [-0.1, -0.05) is 18.2 Å². The molecule has 0 bridgehead atoms. The fourth-order valence-corrected chi connectivity index (χ4v) is 2.68. The summed E-state index contributed by atoms with van der Waals surface area (Å²) in [7, 11) is 3.36. The molecule has 27 heavy (non-hydrogen) atoms. The number of hydrogen-bond acceptors (Lipinski definition) is 3. The van der Waals surface area contributed by atoms with E-state index in [1.54, 1.807) is 31.2 Å². The number of carbonyl (C=O) groups is 2. The summed E-state index contributed by atoms with van der Waals surface area (Å²) in [6.45, 7) is 2.37. The number of nitrogens with zero attached hydrogens (tertiary/aromatic N) is 1. The van der Waals surface area contributed by atoms with Gasteiger partial charge < -0.3 is 20.3 Å². The predicted molar refractivity (Wildman–Crippen MR) is 105 cm³/mol. The van der Waals surface area contributed by atoms with Crippen molar-refractivity contribution in [3.63, 3.8) is 0 Å². The highest BCUT2D eigenvalue weighted by Crippen LogP contribution is 2.22. The second-order valence-electron chi connectivity index (χ2n) is 6.91. The molecule has 0 heterocycles. The van der Waals surface area contributed by atoms with Gasteiger partial charge in [0, 0.05) is 30.9 Å². The first-order valence-electron chi connectivity index (χ1n) is 9.03. The summed E-state index contributed by atoms with van der Waals surface area (Å²) in [5.41, 5.74) is 3.11. The Kier molecular flexibility index (Phi) is 5.64. The summed E-state index contributed by atoms with van der Waals surface area (Å²) < 4.78 is 5.15. The molecule has 0 unspecified atom stereocenters. The predicted octanol–water partition coefficient (Wildman–Crippen LogP) is 3.56. The molecular formula is C21H25N3O3. The van der Waals surface area contributed by atoms with Gasteiger partial charge in [-0.25, -0.2) is 4.79 Å². The zero-order chi connectivity index (χ0) is 19.4. The van der Waals surface area contributed by atoms with E-state index in [0.29, 0.717) is 23.8 Å². The number of amides is 3. The Morgan fingerprint density at radius 3 is 2.48 bits per heavy atom. The van der Waals surface area contributed by atoms with Crippen molar-refractivity contribution >= 4 is 17.6 Å². The molecule has 2 aromatic carbocycles. The molecule has 0 saturated heterocycles. The highest BCUT2D eigenvalue weighted by atomic mass is 16.5. The molecule has 0 aliphatic heterocycles. The van der Waals surface area contributed by atoms with Crippen molar-refractivity contribution in [2.24, 2.45) is 0 Å². The minimum absolute atomic E-state index is 0.0976. The van der Waals surface area contributed by atoms with Gasteiger partial charge in [0.1, 0.15) is 5.75 Å². The molecule has 142 valence electrons. The number of ether oxygens (including phenoxy) is 1. The summed E-state index contributed by atoms with van der Waals surface area (Å²) in [6, 6.07) is 13.0. The van der Waals surface area contributed by atoms with E-state index < -0.39 is 0 Å². The van der Waals surface area contributed by atoms with Crippen LogP contribution in [0.5, 0.6) is 5.75 Å². The van der Waals surface area contributed by atoms with Gasteiger partial charge in [0.2, 0.25) is 0 Å². The van der Waals surface area contributed by atoms with Crippen LogP contribution in [-0.4, -0.2) is 37.0 Å². The Bertz CT molecular complexity index is 829. The monoisotopic (exact) mass is 367 g/mol. The molecule has 0 spiro atoms. The molecule has 0 atom stereocenters. The summed E-state index contributed by atoms with van der Waals surface area (Å²) in [4.78, 5) is 26.4. The van der Waals surface area contributed by atoms with Gasteiger partial charge >= 0.3 is 6.03 Å². The Labute approximate surface area is 159 Å². The maximum absolute atomic E-state index is 12.6. The van der Waals surface area contributed by atoms with Gasteiger partial charge in [0.05, 0.1) is 7.11 Å². The van der Waals surface area contributed by atoms with E-state index in [0.717, 1.165) is 29.7 Å². The van der Waals surface area contributed by atoms with Gasteiger partial charge in [0.15, 0.2) is 0 Å². The first kappa shape index (κ1) is 18.8. The molecule has 3 rings (SSSR count). The van der Waals surface area contributed by atoms with E-state index in [2.05, 4.69) is 10.6 Å². The fraction of sp³-hybridized carbons (Fsp3) is 0.333. The van der Waals surface area contributed by atoms with Gasteiger partial charge in [-0.2, -0.15) is 0 Å². The van der Waals surface area contributed by atoms with Gasteiger partial charge in [-0.15, -0.1) is 0 Å². The van der Waals surface area contributed by atoms with Gasteiger partial charge in [-0.05, 0) is 55.2 Å². The van der Waals surface area contributed by atoms with Crippen LogP contribution in [-0.2, 0) is 6.54 Å². The van der Waals surface area contributed by atoms with Crippen LogP contribution in [0, 0.1) is 6.92 Å². The number of hydrogen-bond donors (Lipinski definition) is 2. The van der Waals surface area contributed by atoms with Crippen molar-refractivity contribution in [1.29, 1.82) is 0 Å². The molecule has 3 amide bonds. The molecule has 1 aliphatic rings. The zero-order valence-electron chi connectivity index (χ0n) is 15.9. The topological polar surface area (TPSA) is 70.7 Å². The van der Waals surface area contributed by atoms with E-state index >= 15 is 0 Å². The molecule has 2 N–H and O–H groups in total. The maximum atomic E-state index is 12.6. The van der Waals surface area contributed by atoms with E-state index in [-0.39, 0.29) is 11.9 Å². The van der Waals surface area contributed by atoms with E-state index in [9.17, 15) is 9.59 Å². The lowest BCUT2D eigenvalue weighted by Crippen LogP contribution is -2.31. The molecule has 6 heteroatoms. The van der Waals surface area contributed by atoms with Crippen LogP contribution in [0.1, 0.15) is 34.3 Å². The average Bonchev–Trinajstić information content (AvgIpc) is 3.48. The van der Waals surface area contributed by atoms with Crippen LogP contribution in [0.15, 0.2) is 42.5 Å². The Morgan fingerprint density at radius 2 is 1.85 bits per heavy atom. The third-order valence-corrected chi connectivity index (χ3v) is 4.58. The van der Waals surface area contributed by atoms with Crippen molar-refractivity contribution in [1.82, 2.24) is 10.2 Å². The van der Waals surface area contributed by atoms with Crippen LogP contribution >= 0.6 is 0 Å². The lowest BCUT2D eigenvalue weighted by Gasteiger charge is -2.19. The highest BCUT2D eigenvalue weighted by Gasteiger charge is 2.24. The van der Waals surface area contributed by atoms with E-state index in [1.807, 2.05) is 37.3 Å². The molecule has 6 nitrogen and oxygen atoms in total. The van der Waals surface area contributed by atoms with Gasteiger partial charge in [-0.3, -0.25) is 4.79 Å². The number of rotatable bonds is 6. The zero-order valence-corrected chi connectivity index (χ0v) is 15.9. The number of anilines is 1. The summed E-state index contributed by atoms with van der Waals surface area (Å²) >= 11 is 0. The quantitative estimate of drug-likeness (QED) is 0.820. The second-order valence-corrected chi connectivity index (χ2v) is 6.91. The smallest absolute Gasteiger partial charge is 0.321 e. The minimum Gasteiger partial charge on any atom is -0.497 e. The van der Waals surface area contributed by atoms with Crippen LogP contribution in [0.25, 0.3) is 0 Å². The van der Waals surface area contributed by atoms with Crippen molar-refractivity contribution < 1.29 is 14.3 Å². The lowest BCUT2D eigenvalue weighted by molar-refractivity contribution is 0.0951. The SMILES string of the molecule is COc1ccc(CN(C)C(=O)Nc2cc(C(=O)NC3CC3)ccc2C)cc1. The molecule has 1 aliphatic carbocycles. The molecule has 0 aromatic heterocycles. The first-order chi connectivity index (χ1) is 13.0. The fourth-order valence-electron chi connectivity index (χ4n) is 2.68. The molecule has 2 aromatic rings. The Balaban J connectivity index is 1.63. The number of carbonyl (C=O) groups excluding carboxylic acids is 2. The average molecular weight is 367 g/mol. The normalized spacial score (nSPS) is 13.0. The third-order valence-electron chi connectivity index (χ3n) is 4.58. The second kappa shape index (κ2) is 8.12. The minimum atomic E-state index is -0.228. The number of methoxy groups -OCH3 is 1. The van der Waals surface area contributed by atoms with Crippen LogP contribution in [0.4, 0.5) is 10.5 Å². The molecule has 0 radical (unpaired) electrons. The standard InChI is InChI=1S/C21H25N3O3/c1-14-4-7-16(20(25)22-17-8-9-17)12-19(14)23-21(26)24(2)13-15-5-10-18(27-3)11-6-15/h4-7,10-12,17H,8-9,13H2,1-3H3,(H,22,25)(H,23,26). The summed E-state index contributed by atoms with van der Waals surface area (Å²) in [6.07, 6.45) is 2.08. The highest BCUT2D eigenvalue weighted by molar-refractivity contribution is 5.97. The van der Waals surface area contributed by atoms with E-state index in [4.69, 9.17) is 4.74 Å². The molecular weight excluding hydrogens is 342 g/mol. The van der Waals surface area contributed by atoms with Crippen molar-refractivity contribution in [2.45, 2.75) is 32.4 Å². The first-order valence-corrected chi connectivity index (χ1v) is 9.03. The lowest BCUT2D eigenvalue weighted by atomic mass is 10.1. The Morgan fingerprint density at radius 1 is 1.15 bits per heavy atom. The van der Waals surface area contributed by atoms with Crippen LogP contribution in [0.3, 0.4) is 0 Å². The van der Waals surface area contributed by atoms with E-state index in [1.165, 1.54) is 0 Å². The van der Waals surface area contributed by atoms with Crippen molar-refractivity contribution in [2.75, 3.05) is 19.5 Å². The molecule has 1 saturated carbocycles. The number of aryl methyl sites for hydroxylation is 1. The van der Waals surface area contributed by atoms with Crippen molar-refractivity contribution in [3.05, 3.63) is 59.2 Å². The Hall–Kier alpha value is -3.02. The molecule has 1 fully saturated rings. The van der Waals surface area contributed by atoms with Crippen LogP contribution < -0.4 is 15.4 Å². The maximum Gasteiger partial charge on any atom is 0.321 e. The number of urea groups is 1. The summed E-state index contributed by atoms with van der Waals surface area (Å²) in [5, 5.41) is 5.86. The van der Waals surface area contributed by atoms with Crippen LogP contribution in [0.2, 0.25) is 0 Å². The number of nitrogens with one attached hydrogen (secondary N) is 2. The third kappa shape index (κ3) is 5.00. The van der Waals surface area contributed by atoms with Gasteiger partial charge in [0.25, 0.3) is 5.91 Å². The largest absolute Gasteiger partial charge is 0.497 e.